The van der Waals surface area contributed by atoms with E-state index in [0.717, 1.165) is 12.0 Å². The van der Waals surface area contributed by atoms with Crippen LogP contribution in [0, 0.1) is 59.8 Å². The summed E-state index contributed by atoms with van der Waals surface area (Å²) in [6, 6.07) is 77.6. The summed E-state index contributed by atoms with van der Waals surface area (Å²) in [6.07, 6.45) is 1.14. The van der Waals surface area contributed by atoms with Crippen molar-refractivity contribution in [2.45, 2.75) is 81.1 Å². The lowest BCUT2D eigenvalue weighted by Crippen LogP contribution is -2.15. The first-order valence-corrected chi connectivity index (χ1v) is 25.4. The van der Waals surface area contributed by atoms with Gasteiger partial charge in [0.25, 0.3) is 0 Å². The van der Waals surface area contributed by atoms with Gasteiger partial charge in [-0.2, -0.15) is 5.26 Å². The van der Waals surface area contributed by atoms with Gasteiger partial charge in [0, 0.05) is 5.41 Å². The van der Waals surface area contributed by atoms with E-state index in [9.17, 15) is 0 Å². The van der Waals surface area contributed by atoms with Gasteiger partial charge in [0.05, 0.1) is 11.6 Å². The Morgan fingerprint density at radius 1 is 0.375 bits per heavy atom. The highest BCUT2D eigenvalue weighted by Gasteiger charge is 2.36. The molecule has 1 heteroatoms. The van der Waals surface area contributed by atoms with Gasteiger partial charge in [-0.3, -0.25) is 0 Å². The van der Waals surface area contributed by atoms with E-state index in [0.29, 0.717) is 0 Å². The Bertz CT molecular complexity index is 3730. The second kappa shape index (κ2) is 22.4. The smallest absolute Gasteiger partial charge is 0.0991 e. The van der Waals surface area contributed by atoms with Gasteiger partial charge in [0.2, 0.25) is 0 Å². The van der Waals surface area contributed by atoms with Crippen LogP contribution in [-0.2, 0) is 11.8 Å². The SMILES string of the molecule is CCc1ccccc1.Cc1ccc(C#N)cc1C.Cc1ccc2c(c1)C(C)(C)c1cc(C)c3ccccc3c1-2.Cc1ccc2c(c1)c(C)cc1ccccc12.Cc1cccc(-c2ccc3ccccc3c2)c1. The lowest BCUT2D eigenvalue weighted by atomic mass is 9.81. The number of fused-ring (bicyclic) bond motifs is 9. The molecule has 12 rings (SSSR count). The molecule has 0 amide bonds. The molecule has 0 N–H and O–H groups in total. The minimum atomic E-state index is 0.0888. The van der Waals surface area contributed by atoms with E-state index in [1.807, 2.05) is 38.1 Å². The number of benzene rings is 11. The average Bonchev–Trinajstić information content (AvgIpc) is 3.62. The van der Waals surface area contributed by atoms with Crippen LogP contribution in [0.4, 0.5) is 0 Å². The van der Waals surface area contributed by atoms with Crippen molar-refractivity contribution in [3.63, 3.8) is 0 Å². The van der Waals surface area contributed by atoms with Crippen LogP contribution in [0.2, 0.25) is 0 Å². The summed E-state index contributed by atoms with van der Waals surface area (Å²) < 4.78 is 0. The average molecular weight is 934 g/mol. The number of hydrogen-bond acceptors (Lipinski definition) is 1. The first-order chi connectivity index (χ1) is 34.7. The molecule has 0 spiro atoms. The Hall–Kier alpha value is -8.05. The number of nitriles is 1. The van der Waals surface area contributed by atoms with Crippen molar-refractivity contribution in [3.8, 4) is 28.3 Å². The summed E-state index contributed by atoms with van der Waals surface area (Å²) in [6.45, 7) is 21.8. The highest BCUT2D eigenvalue weighted by Crippen LogP contribution is 2.52. The lowest BCUT2D eigenvalue weighted by molar-refractivity contribution is 0.659. The van der Waals surface area contributed by atoms with Crippen molar-refractivity contribution in [1.29, 1.82) is 5.26 Å². The standard InChI is InChI=1S/C21H20.C17H14.C16H14.C9H9N.C8H10/c1-13-9-10-17-18(11-13)21(3,4)19-12-14(2)15-7-5-6-8-16(15)20(17)19;1-13-5-4-8-15(11-13)17-10-9-14-6-2-3-7-16(14)12-17;1-11-7-8-15-14-6-4-3-5-13(14)10-12(2)16(15)9-11;1-7-3-4-9(6-10)5-8(7)2;1-2-8-6-4-3-5-7-8/h5-12H,1-4H3;2-12H,1H3;3-10H,1-2H3;3-5H,1-2H3;3-7H,2H2,1H3. The number of aryl methyl sites for hydroxylation is 8. The molecular weight excluding hydrogens is 867 g/mol. The van der Waals surface area contributed by atoms with Gasteiger partial charge in [-0.05, 0) is 177 Å². The predicted octanol–water partition coefficient (Wildman–Crippen LogP) is 19.6. The zero-order valence-corrected chi connectivity index (χ0v) is 43.9. The van der Waals surface area contributed by atoms with E-state index >= 15 is 0 Å². The molecule has 0 aliphatic heterocycles. The third-order valence-corrected chi connectivity index (χ3v) is 14.3. The van der Waals surface area contributed by atoms with E-state index in [2.05, 4.69) is 250 Å². The first kappa shape index (κ1) is 50.3. The number of rotatable bonds is 2. The van der Waals surface area contributed by atoms with Crippen LogP contribution in [0.15, 0.2) is 212 Å². The molecule has 0 bridgehead atoms. The molecule has 356 valence electrons. The largest absolute Gasteiger partial charge is 0.192 e. The summed E-state index contributed by atoms with van der Waals surface area (Å²) in [5.41, 5.74) is 19.7. The van der Waals surface area contributed by atoms with Crippen LogP contribution in [0.5, 0.6) is 0 Å². The summed E-state index contributed by atoms with van der Waals surface area (Å²) in [7, 11) is 0. The molecule has 0 unspecified atom stereocenters. The lowest BCUT2D eigenvalue weighted by Gasteiger charge is -2.22. The topological polar surface area (TPSA) is 23.8 Å². The van der Waals surface area contributed by atoms with Gasteiger partial charge < -0.3 is 0 Å². The third-order valence-electron chi connectivity index (χ3n) is 14.3. The zero-order chi connectivity index (χ0) is 50.9. The Morgan fingerprint density at radius 2 is 0.986 bits per heavy atom. The Morgan fingerprint density at radius 3 is 1.68 bits per heavy atom. The predicted molar refractivity (Wildman–Crippen MR) is 312 cm³/mol. The first-order valence-electron chi connectivity index (χ1n) is 25.4. The van der Waals surface area contributed by atoms with Crippen LogP contribution in [0.25, 0.3) is 65.3 Å². The van der Waals surface area contributed by atoms with Gasteiger partial charge in [-0.15, -0.1) is 0 Å². The fourth-order valence-electron chi connectivity index (χ4n) is 9.99. The molecule has 0 heterocycles. The maximum absolute atomic E-state index is 8.50. The van der Waals surface area contributed by atoms with Crippen LogP contribution in [-0.4, -0.2) is 0 Å². The summed E-state index contributed by atoms with van der Waals surface area (Å²) in [5.74, 6) is 0. The molecule has 1 nitrogen and oxygen atoms in total. The van der Waals surface area contributed by atoms with Gasteiger partial charge in [-0.25, -0.2) is 0 Å². The van der Waals surface area contributed by atoms with Crippen molar-refractivity contribution < 1.29 is 0 Å². The second-order valence-corrected chi connectivity index (χ2v) is 20.0. The van der Waals surface area contributed by atoms with E-state index in [1.165, 1.54) is 121 Å². The summed E-state index contributed by atoms with van der Waals surface area (Å²) in [5, 5.41) is 19.3. The monoisotopic (exact) mass is 934 g/mol. The Kier molecular flexibility index (Phi) is 15.6. The highest BCUT2D eigenvalue weighted by molar-refractivity contribution is 6.09. The van der Waals surface area contributed by atoms with Crippen LogP contribution >= 0.6 is 0 Å². The van der Waals surface area contributed by atoms with E-state index in [1.54, 1.807) is 0 Å². The molecule has 0 saturated heterocycles. The quantitative estimate of drug-likeness (QED) is 0.158. The molecule has 0 aromatic heterocycles. The van der Waals surface area contributed by atoms with E-state index in [-0.39, 0.29) is 5.41 Å². The zero-order valence-electron chi connectivity index (χ0n) is 43.9. The van der Waals surface area contributed by atoms with Gasteiger partial charge >= 0.3 is 0 Å². The van der Waals surface area contributed by atoms with Crippen LogP contribution < -0.4 is 0 Å². The van der Waals surface area contributed by atoms with Crippen molar-refractivity contribution in [1.82, 2.24) is 0 Å². The van der Waals surface area contributed by atoms with Crippen LogP contribution in [0.3, 0.4) is 0 Å². The summed E-state index contributed by atoms with van der Waals surface area (Å²) >= 11 is 0. The minimum Gasteiger partial charge on any atom is -0.192 e. The molecule has 1 aliphatic rings. The molecule has 0 atom stereocenters. The van der Waals surface area contributed by atoms with E-state index in [4.69, 9.17) is 5.26 Å². The van der Waals surface area contributed by atoms with Crippen molar-refractivity contribution in [3.05, 3.63) is 274 Å². The molecule has 11 aromatic carbocycles. The van der Waals surface area contributed by atoms with Crippen molar-refractivity contribution in [2.24, 2.45) is 0 Å². The molecule has 11 aromatic rings. The number of nitrogens with zero attached hydrogens (tertiary/aromatic N) is 1. The molecule has 0 radical (unpaired) electrons. The second-order valence-electron chi connectivity index (χ2n) is 20.0. The van der Waals surface area contributed by atoms with Gasteiger partial charge in [0.1, 0.15) is 0 Å². The summed E-state index contributed by atoms with van der Waals surface area (Å²) in [4.78, 5) is 0. The number of hydrogen-bond donors (Lipinski definition) is 0. The Balaban J connectivity index is 0.000000125. The molecule has 0 fully saturated rings. The molecule has 72 heavy (non-hydrogen) atoms. The van der Waals surface area contributed by atoms with Gasteiger partial charge in [0.15, 0.2) is 0 Å². The van der Waals surface area contributed by atoms with Gasteiger partial charge in [-0.1, -0.05) is 232 Å². The van der Waals surface area contributed by atoms with Crippen molar-refractivity contribution >= 4 is 43.1 Å². The fraction of sp³-hybridized carbons (Fsp3) is 0.169. The molecule has 0 saturated carbocycles. The molecule has 1 aliphatic carbocycles. The normalized spacial score (nSPS) is 11.6. The fourth-order valence-corrected chi connectivity index (χ4v) is 9.99. The van der Waals surface area contributed by atoms with Crippen molar-refractivity contribution in [2.75, 3.05) is 0 Å². The maximum atomic E-state index is 8.50. The Labute approximate surface area is 429 Å². The van der Waals surface area contributed by atoms with Crippen LogP contribution in [0.1, 0.15) is 82.0 Å². The highest BCUT2D eigenvalue weighted by atomic mass is 14.4. The minimum absolute atomic E-state index is 0.0888. The maximum Gasteiger partial charge on any atom is 0.0991 e. The molecular formula is C71H67N. The van der Waals surface area contributed by atoms with E-state index < -0.39 is 0 Å². The third kappa shape index (κ3) is 11.3.